The summed E-state index contributed by atoms with van der Waals surface area (Å²) in [5.74, 6) is 0.543. The summed E-state index contributed by atoms with van der Waals surface area (Å²) in [5, 5.41) is 7.64. The number of rotatable bonds is 1. The summed E-state index contributed by atoms with van der Waals surface area (Å²) in [7, 11) is 1.83. The first-order valence-electron chi connectivity index (χ1n) is 3.76. The zero-order valence-corrected chi connectivity index (χ0v) is 7.35. The second-order valence-corrected chi connectivity index (χ2v) is 2.76. The Morgan fingerprint density at radius 1 is 1.54 bits per heavy atom. The SMILES string of the molecule is Cc1nn(C)cc1-c1nc(N)no1. The molecule has 6 heteroatoms. The molecule has 0 unspecified atom stereocenters. The lowest BCUT2D eigenvalue weighted by molar-refractivity contribution is 0.433. The summed E-state index contributed by atoms with van der Waals surface area (Å²) in [6, 6.07) is 0. The van der Waals surface area contributed by atoms with Gasteiger partial charge in [-0.05, 0) is 12.1 Å². The molecule has 0 bridgehead atoms. The Hall–Kier alpha value is -1.85. The van der Waals surface area contributed by atoms with Crippen LogP contribution in [-0.2, 0) is 7.05 Å². The van der Waals surface area contributed by atoms with Crippen LogP contribution in [0.3, 0.4) is 0 Å². The maximum Gasteiger partial charge on any atom is 0.262 e. The molecule has 2 aromatic heterocycles. The zero-order valence-electron chi connectivity index (χ0n) is 7.35. The average molecular weight is 179 g/mol. The minimum absolute atomic E-state index is 0.137. The van der Waals surface area contributed by atoms with Crippen LogP contribution in [0, 0.1) is 6.92 Å². The van der Waals surface area contributed by atoms with Gasteiger partial charge < -0.3 is 10.3 Å². The molecule has 2 rings (SSSR count). The van der Waals surface area contributed by atoms with E-state index in [1.54, 1.807) is 4.68 Å². The molecule has 0 aliphatic rings. The van der Waals surface area contributed by atoms with Crippen molar-refractivity contribution in [2.24, 2.45) is 7.05 Å². The molecule has 0 aliphatic heterocycles. The molecule has 6 nitrogen and oxygen atoms in total. The second-order valence-electron chi connectivity index (χ2n) is 2.76. The lowest BCUT2D eigenvalue weighted by atomic mass is 10.3. The van der Waals surface area contributed by atoms with E-state index in [0.717, 1.165) is 11.3 Å². The summed E-state index contributed by atoms with van der Waals surface area (Å²) >= 11 is 0. The normalized spacial score (nSPS) is 10.6. The predicted molar refractivity (Wildman–Crippen MR) is 45.6 cm³/mol. The Morgan fingerprint density at radius 2 is 2.31 bits per heavy atom. The highest BCUT2D eigenvalue weighted by atomic mass is 16.5. The number of anilines is 1. The van der Waals surface area contributed by atoms with Gasteiger partial charge in [0, 0.05) is 13.2 Å². The highest BCUT2D eigenvalue weighted by molar-refractivity contribution is 5.55. The van der Waals surface area contributed by atoms with Crippen LogP contribution in [0.4, 0.5) is 5.95 Å². The lowest BCUT2D eigenvalue weighted by Gasteiger charge is -1.85. The highest BCUT2D eigenvalue weighted by Gasteiger charge is 2.12. The molecule has 0 saturated heterocycles. The molecule has 0 spiro atoms. The quantitative estimate of drug-likeness (QED) is 0.683. The molecular weight excluding hydrogens is 170 g/mol. The topological polar surface area (TPSA) is 82.8 Å². The smallest absolute Gasteiger partial charge is 0.262 e. The van der Waals surface area contributed by atoms with Crippen molar-refractivity contribution in [2.45, 2.75) is 6.92 Å². The van der Waals surface area contributed by atoms with Crippen LogP contribution < -0.4 is 5.73 Å². The standard InChI is InChI=1S/C7H9N5O/c1-4-5(3-12(2)10-4)6-9-7(8)11-13-6/h3H,1-2H3,(H2,8,11). The van der Waals surface area contributed by atoms with Crippen LogP contribution in [-0.4, -0.2) is 19.9 Å². The summed E-state index contributed by atoms with van der Waals surface area (Å²) < 4.78 is 6.59. The van der Waals surface area contributed by atoms with E-state index in [4.69, 9.17) is 10.3 Å². The lowest BCUT2D eigenvalue weighted by Crippen LogP contribution is -1.86. The third-order valence-electron chi connectivity index (χ3n) is 1.69. The molecule has 13 heavy (non-hydrogen) atoms. The Morgan fingerprint density at radius 3 is 2.77 bits per heavy atom. The molecule has 2 heterocycles. The van der Waals surface area contributed by atoms with Gasteiger partial charge in [0.1, 0.15) is 0 Å². The minimum atomic E-state index is 0.137. The maximum atomic E-state index is 5.33. The van der Waals surface area contributed by atoms with E-state index >= 15 is 0 Å². The Labute approximate surface area is 74.4 Å². The zero-order chi connectivity index (χ0) is 9.42. The van der Waals surface area contributed by atoms with E-state index in [-0.39, 0.29) is 5.95 Å². The van der Waals surface area contributed by atoms with Crippen molar-refractivity contribution < 1.29 is 4.52 Å². The molecule has 0 radical (unpaired) electrons. The molecule has 2 N–H and O–H groups in total. The Bertz CT molecular complexity index is 430. The molecule has 0 aliphatic carbocycles. The van der Waals surface area contributed by atoms with Gasteiger partial charge in [0.05, 0.1) is 11.3 Å². The second kappa shape index (κ2) is 2.58. The number of hydrogen-bond donors (Lipinski definition) is 1. The largest absolute Gasteiger partial charge is 0.365 e. The van der Waals surface area contributed by atoms with Gasteiger partial charge in [0.25, 0.3) is 11.8 Å². The van der Waals surface area contributed by atoms with Crippen LogP contribution >= 0.6 is 0 Å². The van der Waals surface area contributed by atoms with E-state index in [1.807, 2.05) is 20.2 Å². The van der Waals surface area contributed by atoms with Crippen molar-refractivity contribution >= 4 is 5.95 Å². The van der Waals surface area contributed by atoms with Crippen molar-refractivity contribution in [2.75, 3.05) is 5.73 Å². The van der Waals surface area contributed by atoms with E-state index in [0.29, 0.717) is 5.89 Å². The number of hydrogen-bond acceptors (Lipinski definition) is 5. The van der Waals surface area contributed by atoms with Crippen molar-refractivity contribution in [3.63, 3.8) is 0 Å². The molecule has 0 saturated carbocycles. The van der Waals surface area contributed by atoms with Crippen LogP contribution in [0.15, 0.2) is 10.7 Å². The first-order chi connectivity index (χ1) is 6.16. The summed E-state index contributed by atoms with van der Waals surface area (Å²) in [6.45, 7) is 1.87. The van der Waals surface area contributed by atoms with Gasteiger partial charge >= 0.3 is 0 Å². The number of aromatic nitrogens is 4. The van der Waals surface area contributed by atoms with Crippen LogP contribution in [0.1, 0.15) is 5.69 Å². The molecular formula is C7H9N5O. The average Bonchev–Trinajstić information content (AvgIpc) is 2.58. The van der Waals surface area contributed by atoms with Gasteiger partial charge in [-0.2, -0.15) is 10.1 Å². The minimum Gasteiger partial charge on any atom is -0.365 e. The van der Waals surface area contributed by atoms with Crippen molar-refractivity contribution in [1.82, 2.24) is 19.9 Å². The van der Waals surface area contributed by atoms with Gasteiger partial charge in [0.15, 0.2) is 0 Å². The third kappa shape index (κ3) is 1.26. The van der Waals surface area contributed by atoms with Gasteiger partial charge in [-0.3, -0.25) is 4.68 Å². The fourth-order valence-corrected chi connectivity index (χ4v) is 1.15. The molecule has 0 aromatic carbocycles. The van der Waals surface area contributed by atoms with Crippen molar-refractivity contribution in [1.29, 1.82) is 0 Å². The van der Waals surface area contributed by atoms with Gasteiger partial charge in [-0.1, -0.05) is 0 Å². The number of nitrogen functional groups attached to an aromatic ring is 1. The van der Waals surface area contributed by atoms with Gasteiger partial charge in [-0.25, -0.2) is 0 Å². The summed E-state index contributed by atoms with van der Waals surface area (Å²) in [4.78, 5) is 3.90. The van der Waals surface area contributed by atoms with Crippen molar-refractivity contribution in [3.8, 4) is 11.5 Å². The monoisotopic (exact) mass is 179 g/mol. The van der Waals surface area contributed by atoms with E-state index in [1.165, 1.54) is 0 Å². The molecule has 2 aromatic rings. The molecule has 68 valence electrons. The fourth-order valence-electron chi connectivity index (χ4n) is 1.15. The van der Waals surface area contributed by atoms with Crippen molar-refractivity contribution in [3.05, 3.63) is 11.9 Å². The molecule has 0 fully saturated rings. The Kier molecular flexibility index (Phi) is 1.54. The third-order valence-corrected chi connectivity index (χ3v) is 1.69. The predicted octanol–water partition coefficient (Wildman–Crippen LogP) is 0.361. The van der Waals surface area contributed by atoms with Gasteiger partial charge in [-0.15, -0.1) is 0 Å². The number of nitrogens with two attached hydrogens (primary N) is 1. The van der Waals surface area contributed by atoms with Crippen LogP contribution in [0.25, 0.3) is 11.5 Å². The van der Waals surface area contributed by atoms with Crippen LogP contribution in [0.5, 0.6) is 0 Å². The Balaban J connectivity index is 2.51. The number of aryl methyl sites for hydroxylation is 2. The van der Waals surface area contributed by atoms with E-state index in [2.05, 4.69) is 15.2 Å². The molecule has 0 amide bonds. The highest BCUT2D eigenvalue weighted by Crippen LogP contribution is 2.20. The summed E-state index contributed by atoms with van der Waals surface area (Å²) in [6.07, 6.45) is 1.81. The molecule has 0 atom stereocenters. The van der Waals surface area contributed by atoms with E-state index in [9.17, 15) is 0 Å². The summed E-state index contributed by atoms with van der Waals surface area (Å²) in [5.41, 5.74) is 6.98. The van der Waals surface area contributed by atoms with E-state index < -0.39 is 0 Å². The van der Waals surface area contributed by atoms with Gasteiger partial charge in [0.2, 0.25) is 0 Å². The first kappa shape index (κ1) is 7.78. The maximum absolute atomic E-state index is 5.33. The van der Waals surface area contributed by atoms with Crippen LogP contribution in [0.2, 0.25) is 0 Å². The fraction of sp³-hybridized carbons (Fsp3) is 0.286. The first-order valence-corrected chi connectivity index (χ1v) is 3.76. The number of nitrogens with zero attached hydrogens (tertiary/aromatic N) is 4.